The lowest BCUT2D eigenvalue weighted by Gasteiger charge is -1.48. The second-order valence-corrected chi connectivity index (χ2v) is 0.247. The molecule has 0 fully saturated rings. The molecule has 0 aromatic rings. The van der Waals surface area contributed by atoms with Gasteiger partial charge in [0.15, 0.2) is 0 Å². The number of rotatable bonds is 0. The molecule has 0 radical (unpaired) electrons. The molecule has 0 saturated heterocycles. The van der Waals surface area contributed by atoms with Gasteiger partial charge in [0.1, 0.15) is 0 Å². The first-order valence-corrected chi connectivity index (χ1v) is 1.13. The van der Waals surface area contributed by atoms with E-state index in [1.807, 2.05) is 0 Å². The molecule has 0 amide bonds. The molecule has 0 aliphatic rings. The van der Waals surface area contributed by atoms with Crippen molar-refractivity contribution in [3.63, 3.8) is 0 Å². The molecular formula is CH5BO4. The molecule has 0 unspecified atom stereocenters. The summed E-state index contributed by atoms with van der Waals surface area (Å²) in [5.41, 5.74) is 0. The summed E-state index contributed by atoms with van der Waals surface area (Å²) in [6.45, 7) is -0.250. The highest BCUT2D eigenvalue weighted by Crippen LogP contribution is 1.08. The Kier molecular flexibility index (Phi) is 38.0. The van der Waals surface area contributed by atoms with Gasteiger partial charge in [0, 0.05) is 0 Å². The zero-order chi connectivity index (χ0) is 5.41. The maximum atomic E-state index is 8.36. The lowest BCUT2D eigenvalue weighted by Crippen LogP contribution is -1.75. The first kappa shape index (κ1) is 9.07. The lowest BCUT2D eigenvalue weighted by atomic mass is 10.5. The molecule has 0 aromatic heterocycles. The molecule has 36 valence electrons. The average molecular weight is 91.9 g/mol. The fourth-order valence-corrected chi connectivity index (χ4v) is 0. The minimum Gasteiger partial charge on any atom is -0.483 e. The van der Waals surface area contributed by atoms with E-state index in [2.05, 4.69) is 0 Å². The largest absolute Gasteiger partial charge is 0.483 e. The van der Waals surface area contributed by atoms with Crippen LogP contribution < -0.4 is 0 Å². The van der Waals surface area contributed by atoms with E-state index in [0.29, 0.717) is 0 Å². The van der Waals surface area contributed by atoms with Crippen molar-refractivity contribution in [2.45, 2.75) is 0 Å². The molecule has 0 aliphatic heterocycles. The van der Waals surface area contributed by atoms with Crippen molar-refractivity contribution in [2.75, 3.05) is 0 Å². The van der Waals surface area contributed by atoms with Crippen LogP contribution in [0.4, 0.5) is 0 Å². The number of hydrogen-bond acceptors (Lipinski definition) is 3. The Balaban J connectivity index is 0. The minimum atomic E-state index is -0.750. The van der Waals surface area contributed by atoms with Crippen molar-refractivity contribution in [1.82, 2.24) is 0 Å². The second-order valence-electron chi connectivity index (χ2n) is 0.247. The fraction of sp³-hybridized carbons (Fsp3) is 0. The third-order valence-electron chi connectivity index (χ3n) is 0. The third kappa shape index (κ3) is 70.1. The van der Waals surface area contributed by atoms with E-state index in [1.54, 1.807) is 0 Å². The van der Waals surface area contributed by atoms with Gasteiger partial charge < -0.3 is 15.2 Å². The van der Waals surface area contributed by atoms with Gasteiger partial charge in [-0.25, -0.2) is 0 Å². The molecule has 0 aliphatic carbocycles. The van der Waals surface area contributed by atoms with Crippen molar-refractivity contribution in [1.29, 1.82) is 0 Å². The fourth-order valence-electron chi connectivity index (χ4n) is 0. The van der Waals surface area contributed by atoms with Crippen LogP contribution in [0.25, 0.3) is 0 Å². The molecule has 0 heterocycles. The van der Waals surface area contributed by atoms with Gasteiger partial charge in [-0.1, -0.05) is 0 Å². The molecule has 0 aromatic carbocycles. The van der Waals surface area contributed by atoms with Crippen molar-refractivity contribution < 1.29 is 19.9 Å². The Morgan fingerprint density at radius 1 is 1.50 bits per heavy atom. The first-order chi connectivity index (χ1) is 2.83. The second kappa shape index (κ2) is 25.1. The van der Waals surface area contributed by atoms with Crippen LogP contribution >= 0.6 is 0 Å². The normalized spacial score (nSPS) is 4.33. The topological polar surface area (TPSA) is 77.8 Å². The highest BCUT2D eigenvalue weighted by atomic mass is 16.4. The van der Waals surface area contributed by atoms with Crippen molar-refractivity contribution in [2.24, 2.45) is 0 Å². The summed E-state index contributed by atoms with van der Waals surface area (Å²) in [7, 11) is -0.750. The summed E-state index contributed by atoms with van der Waals surface area (Å²) in [5.74, 6) is 0. The minimum absolute atomic E-state index is 0.250. The van der Waals surface area contributed by atoms with Crippen LogP contribution in [0, 0.1) is 0 Å². The van der Waals surface area contributed by atoms with Gasteiger partial charge >= 0.3 is 7.69 Å². The summed E-state index contributed by atoms with van der Waals surface area (Å²) in [6, 6.07) is 0. The highest BCUT2D eigenvalue weighted by molar-refractivity contribution is 6.13. The third-order valence-corrected chi connectivity index (χ3v) is 0. The van der Waals surface area contributed by atoms with E-state index < -0.39 is 7.69 Å². The lowest BCUT2D eigenvalue weighted by molar-refractivity contribution is -0.122. The van der Waals surface area contributed by atoms with Crippen LogP contribution in [0.1, 0.15) is 0 Å². The number of carboxylic acid groups (broad SMARTS) is 1. The Morgan fingerprint density at radius 3 is 1.50 bits per heavy atom. The van der Waals surface area contributed by atoms with E-state index in [9.17, 15) is 0 Å². The summed E-state index contributed by atoms with van der Waals surface area (Å²) >= 11 is 0. The van der Waals surface area contributed by atoms with Crippen LogP contribution in [-0.4, -0.2) is 29.3 Å². The molecule has 0 saturated carbocycles. The SMILES string of the molecule is O=CO.OBO. The first-order valence-electron chi connectivity index (χ1n) is 1.13. The smallest absolute Gasteiger partial charge is 0.432 e. The molecule has 0 rings (SSSR count). The standard InChI is InChI=1S/CH2O2.BH3O2/c2*2-1-3/h1H,(H,2,3);1-3H. The Morgan fingerprint density at radius 2 is 1.50 bits per heavy atom. The zero-order valence-electron chi connectivity index (χ0n) is 3.03. The highest BCUT2D eigenvalue weighted by Gasteiger charge is 1.48. The van der Waals surface area contributed by atoms with Gasteiger partial charge in [0.25, 0.3) is 6.47 Å². The number of carbonyl (C=O) groups is 1. The maximum Gasteiger partial charge on any atom is 0.432 e. The maximum absolute atomic E-state index is 8.36. The van der Waals surface area contributed by atoms with Crippen LogP contribution in [0.5, 0.6) is 0 Å². The van der Waals surface area contributed by atoms with Gasteiger partial charge in [-0.2, -0.15) is 0 Å². The Bertz CT molecular complexity index is 21.5. The molecule has 3 N–H and O–H groups in total. The monoisotopic (exact) mass is 92.0 g/mol. The quantitative estimate of drug-likeness (QED) is 0.237. The van der Waals surface area contributed by atoms with Crippen LogP contribution in [0.15, 0.2) is 0 Å². The van der Waals surface area contributed by atoms with E-state index in [4.69, 9.17) is 19.9 Å². The molecule has 0 atom stereocenters. The van der Waals surface area contributed by atoms with Crippen molar-refractivity contribution in [3.8, 4) is 0 Å². The summed E-state index contributed by atoms with van der Waals surface area (Å²) in [6.07, 6.45) is 0. The van der Waals surface area contributed by atoms with E-state index in [0.717, 1.165) is 0 Å². The summed E-state index contributed by atoms with van der Waals surface area (Å²) in [4.78, 5) is 8.36. The van der Waals surface area contributed by atoms with Crippen molar-refractivity contribution >= 4 is 14.2 Å². The van der Waals surface area contributed by atoms with E-state index in [1.165, 1.54) is 0 Å². The molecule has 4 nitrogen and oxygen atoms in total. The summed E-state index contributed by atoms with van der Waals surface area (Å²) in [5, 5.41) is 21.1. The summed E-state index contributed by atoms with van der Waals surface area (Å²) < 4.78 is 0. The predicted molar refractivity (Wildman–Crippen MR) is 20.3 cm³/mol. The van der Waals surface area contributed by atoms with Crippen molar-refractivity contribution in [3.05, 3.63) is 0 Å². The van der Waals surface area contributed by atoms with Crippen LogP contribution in [0.3, 0.4) is 0 Å². The Labute approximate surface area is 35.3 Å². The predicted octanol–water partition coefficient (Wildman–Crippen LogP) is -2.06. The average Bonchev–Trinajstić information content (AvgIpc) is 1.39. The van der Waals surface area contributed by atoms with Gasteiger partial charge in [0.2, 0.25) is 0 Å². The van der Waals surface area contributed by atoms with E-state index in [-0.39, 0.29) is 6.47 Å². The Hall–Kier alpha value is -0.545. The molecular weight excluding hydrogens is 86.8 g/mol. The van der Waals surface area contributed by atoms with Gasteiger partial charge in [-0.3, -0.25) is 4.79 Å². The molecule has 6 heavy (non-hydrogen) atoms. The van der Waals surface area contributed by atoms with Crippen LogP contribution in [0.2, 0.25) is 0 Å². The molecule has 5 heteroatoms. The molecule has 0 spiro atoms. The number of hydrogen-bond donors (Lipinski definition) is 3. The zero-order valence-corrected chi connectivity index (χ0v) is 3.03. The van der Waals surface area contributed by atoms with E-state index >= 15 is 0 Å². The van der Waals surface area contributed by atoms with Gasteiger partial charge in [-0.15, -0.1) is 0 Å². The van der Waals surface area contributed by atoms with Gasteiger partial charge in [-0.05, 0) is 0 Å². The van der Waals surface area contributed by atoms with Crippen LogP contribution in [-0.2, 0) is 4.79 Å². The van der Waals surface area contributed by atoms with Gasteiger partial charge in [0.05, 0.1) is 0 Å². The molecule has 0 bridgehead atoms.